The van der Waals surface area contributed by atoms with Crippen LogP contribution in [0, 0.1) is 6.92 Å². The Morgan fingerprint density at radius 3 is 2.62 bits per heavy atom. The van der Waals surface area contributed by atoms with Gasteiger partial charge in [0.05, 0.1) is 23.1 Å². The van der Waals surface area contributed by atoms with Gasteiger partial charge < -0.3 is 10.5 Å². The topological polar surface area (TPSA) is 61.0 Å². The minimum atomic E-state index is 0.224. The van der Waals surface area contributed by atoms with E-state index >= 15 is 0 Å². The van der Waals surface area contributed by atoms with Crippen LogP contribution in [-0.2, 0) is 0 Å². The van der Waals surface area contributed by atoms with Gasteiger partial charge in [0.1, 0.15) is 0 Å². The molecule has 5 heteroatoms. The summed E-state index contributed by atoms with van der Waals surface area (Å²) in [5, 5.41) is 0.463. The second-order valence-electron chi connectivity index (χ2n) is 3.27. The van der Waals surface area contributed by atoms with Crippen LogP contribution in [-0.4, -0.2) is 9.97 Å². The molecule has 0 saturated carbocycles. The zero-order valence-corrected chi connectivity index (χ0v) is 9.40. The number of halogens is 1. The van der Waals surface area contributed by atoms with Crippen LogP contribution >= 0.6 is 11.6 Å². The van der Waals surface area contributed by atoms with Crippen molar-refractivity contribution < 1.29 is 4.74 Å². The molecule has 0 atom stereocenters. The van der Waals surface area contributed by atoms with Crippen LogP contribution in [0.4, 0.5) is 5.69 Å². The lowest BCUT2D eigenvalue weighted by Crippen LogP contribution is -1.96. The lowest BCUT2D eigenvalue weighted by Gasteiger charge is -2.08. The Bertz CT molecular complexity index is 499. The molecule has 16 heavy (non-hydrogen) atoms. The highest BCUT2D eigenvalue weighted by molar-refractivity contribution is 6.30. The molecule has 1 aromatic heterocycles. The van der Waals surface area contributed by atoms with Gasteiger partial charge in [-0.15, -0.1) is 0 Å². The maximum atomic E-state index is 5.85. The van der Waals surface area contributed by atoms with Gasteiger partial charge in [-0.25, -0.2) is 9.97 Å². The number of nitrogen functional groups attached to an aromatic ring is 1. The first-order chi connectivity index (χ1) is 7.66. The Kier molecular flexibility index (Phi) is 2.92. The highest BCUT2D eigenvalue weighted by Gasteiger charge is 2.05. The Labute approximate surface area is 98.0 Å². The number of aromatic nitrogens is 2. The van der Waals surface area contributed by atoms with Gasteiger partial charge in [-0.3, -0.25) is 0 Å². The molecule has 0 unspecified atom stereocenters. The number of nitrogens with two attached hydrogens (primary N) is 1. The standard InChI is InChI=1S/C11H10ClN3O/c1-7-3-2-4-9(10(7)13)16-11-14-5-8(12)6-15-11/h2-6H,13H2,1H3. The molecular formula is C11H10ClN3O. The minimum absolute atomic E-state index is 0.224. The summed E-state index contributed by atoms with van der Waals surface area (Å²) in [5.41, 5.74) is 7.39. The molecule has 1 aromatic carbocycles. The molecule has 2 rings (SSSR count). The van der Waals surface area contributed by atoms with E-state index in [1.54, 1.807) is 6.07 Å². The minimum Gasteiger partial charge on any atom is -0.422 e. The molecule has 2 N–H and O–H groups in total. The predicted octanol–water partition coefficient (Wildman–Crippen LogP) is 2.81. The summed E-state index contributed by atoms with van der Waals surface area (Å²) in [6, 6.07) is 5.75. The second-order valence-corrected chi connectivity index (χ2v) is 3.71. The van der Waals surface area contributed by atoms with Crippen molar-refractivity contribution in [3.05, 3.63) is 41.2 Å². The van der Waals surface area contributed by atoms with Gasteiger partial charge in [0.15, 0.2) is 5.75 Å². The third-order valence-electron chi connectivity index (χ3n) is 2.08. The molecule has 82 valence electrons. The third-order valence-corrected chi connectivity index (χ3v) is 2.28. The molecule has 2 aromatic rings. The number of para-hydroxylation sites is 1. The molecule has 1 heterocycles. The number of rotatable bonds is 2. The molecular weight excluding hydrogens is 226 g/mol. The normalized spacial score (nSPS) is 10.1. The summed E-state index contributed by atoms with van der Waals surface area (Å²) in [6.07, 6.45) is 2.94. The number of nitrogens with zero attached hydrogens (tertiary/aromatic N) is 2. The summed E-state index contributed by atoms with van der Waals surface area (Å²) in [4.78, 5) is 7.85. The van der Waals surface area contributed by atoms with E-state index in [2.05, 4.69) is 9.97 Å². The lowest BCUT2D eigenvalue weighted by atomic mass is 10.2. The van der Waals surface area contributed by atoms with Gasteiger partial charge in [0, 0.05) is 0 Å². The largest absolute Gasteiger partial charge is 0.422 e. The van der Waals surface area contributed by atoms with E-state index in [4.69, 9.17) is 22.1 Å². The Hall–Kier alpha value is -1.81. The summed E-state index contributed by atoms with van der Waals surface area (Å²) in [5.74, 6) is 0.544. The molecule has 0 radical (unpaired) electrons. The molecule has 0 amide bonds. The maximum Gasteiger partial charge on any atom is 0.322 e. The lowest BCUT2D eigenvalue weighted by molar-refractivity contribution is 0.443. The Morgan fingerprint density at radius 2 is 1.94 bits per heavy atom. The molecule has 0 spiro atoms. The van der Waals surface area contributed by atoms with Crippen molar-refractivity contribution in [3.63, 3.8) is 0 Å². The van der Waals surface area contributed by atoms with Crippen LogP contribution in [0.15, 0.2) is 30.6 Å². The smallest absolute Gasteiger partial charge is 0.322 e. The Balaban J connectivity index is 2.27. The number of aryl methyl sites for hydroxylation is 1. The third kappa shape index (κ3) is 2.23. The summed E-state index contributed by atoms with van der Waals surface area (Å²) in [6.45, 7) is 1.91. The first-order valence-corrected chi connectivity index (χ1v) is 5.05. The van der Waals surface area contributed by atoms with Gasteiger partial charge in [0.2, 0.25) is 0 Å². The van der Waals surface area contributed by atoms with Gasteiger partial charge >= 0.3 is 6.01 Å². The summed E-state index contributed by atoms with van der Waals surface area (Å²) >= 11 is 5.67. The van der Waals surface area contributed by atoms with E-state index in [1.165, 1.54) is 12.4 Å². The molecule has 0 bridgehead atoms. The van der Waals surface area contributed by atoms with Crippen molar-refractivity contribution >= 4 is 17.3 Å². The van der Waals surface area contributed by atoms with Crippen molar-refractivity contribution in [1.29, 1.82) is 0 Å². The van der Waals surface area contributed by atoms with Crippen LogP contribution in [0.3, 0.4) is 0 Å². The summed E-state index contributed by atoms with van der Waals surface area (Å²) < 4.78 is 5.44. The zero-order chi connectivity index (χ0) is 11.5. The monoisotopic (exact) mass is 235 g/mol. The van der Waals surface area contributed by atoms with Crippen LogP contribution in [0.2, 0.25) is 5.02 Å². The molecule has 4 nitrogen and oxygen atoms in total. The van der Waals surface area contributed by atoms with Gasteiger partial charge in [-0.2, -0.15) is 0 Å². The van der Waals surface area contributed by atoms with Gasteiger partial charge in [-0.1, -0.05) is 23.7 Å². The fourth-order valence-electron chi connectivity index (χ4n) is 1.19. The van der Waals surface area contributed by atoms with E-state index in [9.17, 15) is 0 Å². The quantitative estimate of drug-likeness (QED) is 0.813. The number of hydrogen-bond acceptors (Lipinski definition) is 4. The van der Waals surface area contributed by atoms with E-state index in [0.29, 0.717) is 16.5 Å². The van der Waals surface area contributed by atoms with E-state index in [1.807, 2.05) is 19.1 Å². The van der Waals surface area contributed by atoms with Crippen molar-refractivity contribution in [3.8, 4) is 11.8 Å². The van der Waals surface area contributed by atoms with Crippen LogP contribution in [0.25, 0.3) is 0 Å². The fourth-order valence-corrected chi connectivity index (χ4v) is 1.29. The molecule has 0 saturated heterocycles. The molecule has 0 aliphatic carbocycles. The number of hydrogen-bond donors (Lipinski definition) is 1. The first kappa shape index (κ1) is 10.7. The van der Waals surface area contributed by atoms with Crippen molar-refractivity contribution in [2.75, 3.05) is 5.73 Å². The van der Waals surface area contributed by atoms with Crippen LogP contribution in [0.1, 0.15) is 5.56 Å². The molecule has 0 aliphatic rings. The highest BCUT2D eigenvalue weighted by atomic mass is 35.5. The average Bonchev–Trinajstić information content (AvgIpc) is 2.28. The highest BCUT2D eigenvalue weighted by Crippen LogP contribution is 2.27. The number of anilines is 1. The summed E-state index contributed by atoms with van der Waals surface area (Å²) in [7, 11) is 0. The zero-order valence-electron chi connectivity index (χ0n) is 8.64. The molecule has 0 fully saturated rings. The maximum absolute atomic E-state index is 5.85. The fraction of sp³-hybridized carbons (Fsp3) is 0.0909. The second kappa shape index (κ2) is 4.37. The van der Waals surface area contributed by atoms with E-state index in [-0.39, 0.29) is 6.01 Å². The van der Waals surface area contributed by atoms with Crippen molar-refractivity contribution in [1.82, 2.24) is 9.97 Å². The molecule has 0 aliphatic heterocycles. The van der Waals surface area contributed by atoms with Gasteiger partial charge in [0.25, 0.3) is 0 Å². The van der Waals surface area contributed by atoms with Crippen molar-refractivity contribution in [2.45, 2.75) is 6.92 Å². The predicted molar refractivity (Wildman–Crippen MR) is 62.7 cm³/mol. The Morgan fingerprint density at radius 1 is 1.25 bits per heavy atom. The van der Waals surface area contributed by atoms with Crippen LogP contribution in [0.5, 0.6) is 11.8 Å². The van der Waals surface area contributed by atoms with E-state index in [0.717, 1.165) is 5.56 Å². The number of ether oxygens (including phenoxy) is 1. The van der Waals surface area contributed by atoms with Crippen LogP contribution < -0.4 is 10.5 Å². The average molecular weight is 236 g/mol. The first-order valence-electron chi connectivity index (χ1n) is 4.67. The SMILES string of the molecule is Cc1cccc(Oc2ncc(Cl)cn2)c1N. The number of benzene rings is 1. The van der Waals surface area contributed by atoms with E-state index < -0.39 is 0 Å². The van der Waals surface area contributed by atoms with Gasteiger partial charge in [-0.05, 0) is 18.6 Å². The van der Waals surface area contributed by atoms with Crippen molar-refractivity contribution in [2.24, 2.45) is 0 Å².